The predicted molar refractivity (Wildman–Crippen MR) is 99.4 cm³/mol. The van der Waals surface area contributed by atoms with Crippen molar-refractivity contribution in [2.75, 3.05) is 23.4 Å². The van der Waals surface area contributed by atoms with E-state index in [4.69, 9.17) is 9.26 Å². The van der Waals surface area contributed by atoms with Gasteiger partial charge in [0.05, 0.1) is 0 Å². The number of nitrogens with zero attached hydrogens (tertiary/aromatic N) is 2. The summed E-state index contributed by atoms with van der Waals surface area (Å²) in [4.78, 5) is 16.5. The Morgan fingerprint density at radius 1 is 1.35 bits per heavy atom. The fourth-order valence-corrected chi connectivity index (χ4v) is 3.74. The minimum absolute atomic E-state index is 0.0260. The van der Waals surface area contributed by atoms with Crippen LogP contribution in [-0.4, -0.2) is 40.1 Å². The topological polar surface area (TPSA) is 89.3 Å². The summed E-state index contributed by atoms with van der Waals surface area (Å²) in [7, 11) is 0. The number of anilines is 1. The van der Waals surface area contributed by atoms with Crippen LogP contribution in [0.25, 0.3) is 0 Å². The highest BCUT2D eigenvalue weighted by Gasteiger charge is 2.29. The van der Waals surface area contributed by atoms with E-state index in [2.05, 4.69) is 20.8 Å². The lowest BCUT2D eigenvalue weighted by molar-refractivity contribution is -0.116. The van der Waals surface area contributed by atoms with Gasteiger partial charge in [-0.25, -0.2) is 0 Å². The molecule has 2 fully saturated rings. The van der Waals surface area contributed by atoms with E-state index in [9.17, 15) is 4.79 Å². The van der Waals surface area contributed by atoms with Crippen molar-refractivity contribution in [3.63, 3.8) is 0 Å². The van der Waals surface area contributed by atoms with Crippen LogP contribution < -0.4 is 15.4 Å². The number of carbonyl (C=O) groups excluding carboxylic acids is 1. The van der Waals surface area contributed by atoms with Gasteiger partial charge in [0, 0.05) is 42.1 Å². The molecule has 26 heavy (non-hydrogen) atoms. The molecule has 1 aliphatic heterocycles. The van der Waals surface area contributed by atoms with Crippen LogP contribution in [0.4, 0.5) is 5.69 Å². The van der Waals surface area contributed by atoms with Crippen molar-refractivity contribution in [1.29, 1.82) is 0 Å². The molecule has 1 atom stereocenters. The van der Waals surface area contributed by atoms with Crippen molar-refractivity contribution >= 4 is 23.4 Å². The molecule has 1 aliphatic carbocycles. The molecule has 7 nitrogen and oxygen atoms in total. The quantitative estimate of drug-likeness (QED) is 0.770. The zero-order chi connectivity index (χ0) is 17.8. The molecule has 0 spiro atoms. The van der Waals surface area contributed by atoms with Gasteiger partial charge in [-0.3, -0.25) is 4.79 Å². The molecule has 0 bridgehead atoms. The van der Waals surface area contributed by atoms with Gasteiger partial charge >= 0.3 is 0 Å². The maximum absolute atomic E-state index is 12.1. The van der Waals surface area contributed by atoms with Crippen molar-refractivity contribution in [2.45, 2.75) is 37.8 Å². The maximum Gasteiger partial charge on any atom is 0.229 e. The molecule has 1 aromatic heterocycles. The summed E-state index contributed by atoms with van der Waals surface area (Å²) < 4.78 is 10.9. The number of amides is 1. The Kier molecular flexibility index (Phi) is 5.40. The van der Waals surface area contributed by atoms with Crippen molar-refractivity contribution in [3.05, 3.63) is 36.0 Å². The van der Waals surface area contributed by atoms with Gasteiger partial charge in [-0.1, -0.05) is 5.16 Å². The largest absolute Gasteiger partial charge is 0.485 e. The van der Waals surface area contributed by atoms with Crippen molar-refractivity contribution in [3.8, 4) is 5.75 Å². The van der Waals surface area contributed by atoms with Gasteiger partial charge in [-0.15, -0.1) is 0 Å². The van der Waals surface area contributed by atoms with Gasteiger partial charge in [0.2, 0.25) is 17.6 Å². The standard InChI is InChI=1S/C18H22N4O3S/c23-17(9-14-11-26-8-7-19-14)20-13-3-5-15(6-4-13)24-10-16-21-18(25-22-16)12-1-2-12/h3-6,12,14,19H,1-2,7-11H2,(H,20,23). The highest BCUT2D eigenvalue weighted by atomic mass is 32.2. The zero-order valence-corrected chi connectivity index (χ0v) is 15.3. The molecule has 2 aromatic rings. The number of hydrogen-bond acceptors (Lipinski definition) is 7. The second kappa shape index (κ2) is 8.09. The number of hydrogen-bond donors (Lipinski definition) is 2. The molecule has 8 heteroatoms. The van der Waals surface area contributed by atoms with E-state index >= 15 is 0 Å². The Hall–Kier alpha value is -2.06. The number of nitrogens with one attached hydrogen (secondary N) is 2. The van der Waals surface area contributed by atoms with E-state index in [1.807, 2.05) is 36.0 Å². The molecule has 1 saturated carbocycles. The van der Waals surface area contributed by atoms with E-state index in [1.54, 1.807) is 0 Å². The van der Waals surface area contributed by atoms with Crippen LogP contribution in [0, 0.1) is 0 Å². The predicted octanol–water partition coefficient (Wildman–Crippen LogP) is 2.56. The Balaban J connectivity index is 1.23. The van der Waals surface area contributed by atoms with Crippen molar-refractivity contribution < 1.29 is 14.1 Å². The van der Waals surface area contributed by atoms with Gasteiger partial charge in [0.25, 0.3) is 0 Å². The zero-order valence-electron chi connectivity index (χ0n) is 14.4. The first-order valence-corrected chi connectivity index (χ1v) is 10.1. The van der Waals surface area contributed by atoms with Crippen LogP contribution in [0.15, 0.2) is 28.8 Å². The van der Waals surface area contributed by atoms with Crippen LogP contribution in [0.2, 0.25) is 0 Å². The minimum atomic E-state index is 0.0260. The monoisotopic (exact) mass is 374 g/mol. The summed E-state index contributed by atoms with van der Waals surface area (Å²) in [6, 6.07) is 7.58. The number of thioether (sulfide) groups is 1. The molecular weight excluding hydrogens is 352 g/mol. The summed E-state index contributed by atoms with van der Waals surface area (Å²) in [6.45, 7) is 1.24. The molecule has 2 N–H and O–H groups in total. The van der Waals surface area contributed by atoms with Crippen LogP contribution in [-0.2, 0) is 11.4 Å². The first kappa shape index (κ1) is 17.4. The summed E-state index contributed by atoms with van der Waals surface area (Å²) in [5.41, 5.74) is 0.765. The average Bonchev–Trinajstić information content (AvgIpc) is 3.40. The number of rotatable bonds is 7. The lowest BCUT2D eigenvalue weighted by Crippen LogP contribution is -2.39. The number of carbonyl (C=O) groups is 1. The molecule has 2 aliphatic rings. The van der Waals surface area contributed by atoms with Crippen LogP contribution >= 0.6 is 11.8 Å². The fourth-order valence-electron chi connectivity index (χ4n) is 2.79. The lowest BCUT2D eigenvalue weighted by atomic mass is 10.2. The van der Waals surface area contributed by atoms with E-state index in [0.717, 1.165) is 36.6 Å². The summed E-state index contributed by atoms with van der Waals surface area (Å²) in [5.74, 6) is 4.55. The maximum atomic E-state index is 12.1. The third-order valence-corrected chi connectivity index (χ3v) is 5.48. The molecule has 4 rings (SSSR count). The Labute approximate surface area is 156 Å². The van der Waals surface area contributed by atoms with E-state index < -0.39 is 0 Å². The molecule has 1 aromatic carbocycles. The average molecular weight is 374 g/mol. The first-order chi connectivity index (χ1) is 12.8. The molecule has 1 amide bonds. The molecule has 1 saturated heterocycles. The molecule has 138 valence electrons. The van der Waals surface area contributed by atoms with Gasteiger partial charge in [-0.2, -0.15) is 16.7 Å². The van der Waals surface area contributed by atoms with Crippen LogP contribution in [0.5, 0.6) is 5.75 Å². The van der Waals surface area contributed by atoms with Crippen molar-refractivity contribution in [1.82, 2.24) is 15.5 Å². The highest BCUT2D eigenvalue weighted by molar-refractivity contribution is 7.99. The Morgan fingerprint density at radius 2 is 2.19 bits per heavy atom. The van der Waals surface area contributed by atoms with Crippen LogP contribution in [0.1, 0.15) is 36.9 Å². The minimum Gasteiger partial charge on any atom is -0.485 e. The molecule has 1 unspecified atom stereocenters. The third kappa shape index (κ3) is 4.76. The second-order valence-electron chi connectivity index (χ2n) is 6.61. The number of ether oxygens (including phenoxy) is 1. The van der Waals surface area contributed by atoms with Gasteiger partial charge in [0.15, 0.2) is 6.61 Å². The summed E-state index contributed by atoms with van der Waals surface area (Å²) in [6.07, 6.45) is 2.75. The second-order valence-corrected chi connectivity index (χ2v) is 7.76. The third-order valence-electron chi connectivity index (χ3n) is 4.35. The fraction of sp³-hybridized carbons (Fsp3) is 0.500. The SMILES string of the molecule is O=C(CC1CSCCN1)Nc1ccc(OCc2noc(C3CC3)n2)cc1. The van der Waals surface area contributed by atoms with Gasteiger partial charge < -0.3 is 19.9 Å². The van der Waals surface area contributed by atoms with Crippen LogP contribution in [0.3, 0.4) is 0 Å². The highest BCUT2D eigenvalue weighted by Crippen LogP contribution is 2.38. The normalized spacial score (nSPS) is 19.9. The Bertz CT molecular complexity index is 739. The number of benzene rings is 1. The van der Waals surface area contributed by atoms with E-state index in [1.165, 1.54) is 0 Å². The number of aromatic nitrogens is 2. The first-order valence-electron chi connectivity index (χ1n) is 8.92. The smallest absolute Gasteiger partial charge is 0.229 e. The lowest BCUT2D eigenvalue weighted by Gasteiger charge is -2.22. The van der Waals surface area contributed by atoms with Gasteiger partial charge in [0.1, 0.15) is 5.75 Å². The van der Waals surface area contributed by atoms with E-state index in [0.29, 0.717) is 29.8 Å². The molecule has 2 heterocycles. The molecular formula is C18H22N4O3S. The van der Waals surface area contributed by atoms with E-state index in [-0.39, 0.29) is 18.6 Å². The Morgan fingerprint density at radius 3 is 2.92 bits per heavy atom. The molecule has 0 radical (unpaired) electrons. The summed E-state index contributed by atoms with van der Waals surface area (Å²) in [5, 5.41) is 10.2. The van der Waals surface area contributed by atoms with Gasteiger partial charge in [-0.05, 0) is 37.1 Å². The summed E-state index contributed by atoms with van der Waals surface area (Å²) >= 11 is 1.89. The van der Waals surface area contributed by atoms with Crippen molar-refractivity contribution in [2.24, 2.45) is 0 Å².